The quantitative estimate of drug-likeness (QED) is 0.668. The zero-order valence-electron chi connectivity index (χ0n) is 13.4. The molecular weight excluding hydrogens is 300 g/mol. The van der Waals surface area contributed by atoms with E-state index in [0.29, 0.717) is 6.54 Å². The van der Waals surface area contributed by atoms with Crippen molar-refractivity contribution in [1.82, 2.24) is 5.32 Å². The number of hydrogen-bond donors (Lipinski definition) is 1. The average molecular weight is 320 g/mol. The molecular formula is C16H20N2O5. The first-order valence-electron chi connectivity index (χ1n) is 7.42. The van der Waals surface area contributed by atoms with Crippen LogP contribution in [-0.4, -0.2) is 43.8 Å². The van der Waals surface area contributed by atoms with E-state index in [1.165, 1.54) is 4.90 Å². The maximum atomic E-state index is 12.0. The van der Waals surface area contributed by atoms with E-state index >= 15 is 0 Å². The molecule has 1 aliphatic heterocycles. The summed E-state index contributed by atoms with van der Waals surface area (Å²) in [5, 5.41) is 2.41. The van der Waals surface area contributed by atoms with E-state index in [2.05, 4.69) is 10.1 Å². The van der Waals surface area contributed by atoms with Crippen LogP contribution in [0.15, 0.2) is 18.2 Å². The molecule has 2 rings (SSSR count). The number of ether oxygens (including phenoxy) is 2. The van der Waals surface area contributed by atoms with Crippen molar-refractivity contribution in [1.29, 1.82) is 0 Å². The summed E-state index contributed by atoms with van der Waals surface area (Å²) in [5.74, 6) is -1.78. The largest absolute Gasteiger partial charge is 0.459 e. The van der Waals surface area contributed by atoms with Crippen molar-refractivity contribution in [3.8, 4) is 0 Å². The van der Waals surface area contributed by atoms with Crippen LogP contribution in [0.4, 0.5) is 10.5 Å². The first kappa shape index (κ1) is 16.8. The summed E-state index contributed by atoms with van der Waals surface area (Å²) >= 11 is 0. The van der Waals surface area contributed by atoms with Crippen molar-refractivity contribution < 1.29 is 23.9 Å². The van der Waals surface area contributed by atoms with Gasteiger partial charge in [-0.3, -0.25) is 9.69 Å². The standard InChI is InChI=1S/C16H20N2O5/c1-4-22-15(20)14(19)17-8-13-9-18(16(21)23-13)12-6-10(2)5-11(3)7-12/h5-7,13H,4,8-9H2,1-3H3,(H,17,19). The highest BCUT2D eigenvalue weighted by Gasteiger charge is 2.33. The molecule has 1 fully saturated rings. The lowest BCUT2D eigenvalue weighted by Crippen LogP contribution is -2.39. The average Bonchev–Trinajstić information content (AvgIpc) is 2.85. The van der Waals surface area contributed by atoms with Gasteiger partial charge in [-0.25, -0.2) is 9.59 Å². The van der Waals surface area contributed by atoms with Gasteiger partial charge in [0.15, 0.2) is 0 Å². The van der Waals surface area contributed by atoms with Crippen LogP contribution in [-0.2, 0) is 19.1 Å². The van der Waals surface area contributed by atoms with Crippen LogP contribution in [0.3, 0.4) is 0 Å². The molecule has 7 heteroatoms. The first-order valence-corrected chi connectivity index (χ1v) is 7.42. The number of carbonyl (C=O) groups excluding carboxylic acids is 3. The molecule has 0 aromatic heterocycles. The molecule has 0 radical (unpaired) electrons. The van der Waals surface area contributed by atoms with Gasteiger partial charge in [0.05, 0.1) is 19.7 Å². The second kappa shape index (κ2) is 7.13. The minimum atomic E-state index is -0.942. The molecule has 0 bridgehead atoms. The Balaban J connectivity index is 1.95. The van der Waals surface area contributed by atoms with Gasteiger partial charge in [0.2, 0.25) is 0 Å². The van der Waals surface area contributed by atoms with Crippen LogP contribution >= 0.6 is 0 Å². The van der Waals surface area contributed by atoms with Crippen LogP contribution in [0.1, 0.15) is 18.1 Å². The number of hydrogen-bond acceptors (Lipinski definition) is 5. The highest BCUT2D eigenvalue weighted by atomic mass is 16.6. The molecule has 1 atom stereocenters. The van der Waals surface area contributed by atoms with E-state index in [-0.39, 0.29) is 13.2 Å². The summed E-state index contributed by atoms with van der Waals surface area (Å²) in [6.45, 7) is 6.02. The molecule has 23 heavy (non-hydrogen) atoms. The van der Waals surface area contributed by atoms with Crippen molar-refractivity contribution in [2.75, 3.05) is 24.6 Å². The number of carbonyl (C=O) groups is 3. The maximum absolute atomic E-state index is 12.0. The minimum absolute atomic E-state index is 0.0602. The molecule has 124 valence electrons. The third kappa shape index (κ3) is 4.21. The van der Waals surface area contributed by atoms with Gasteiger partial charge < -0.3 is 14.8 Å². The lowest BCUT2D eigenvalue weighted by Gasteiger charge is -2.14. The fourth-order valence-electron chi connectivity index (χ4n) is 2.42. The highest BCUT2D eigenvalue weighted by molar-refractivity contribution is 6.32. The fourth-order valence-corrected chi connectivity index (χ4v) is 2.42. The van der Waals surface area contributed by atoms with E-state index in [1.54, 1.807) is 6.92 Å². The number of nitrogens with one attached hydrogen (secondary N) is 1. The third-order valence-corrected chi connectivity index (χ3v) is 3.34. The maximum Gasteiger partial charge on any atom is 0.414 e. The Morgan fingerprint density at radius 3 is 2.57 bits per heavy atom. The van der Waals surface area contributed by atoms with Crippen molar-refractivity contribution in [3.05, 3.63) is 29.3 Å². The van der Waals surface area contributed by atoms with E-state index in [9.17, 15) is 14.4 Å². The predicted molar refractivity (Wildman–Crippen MR) is 83.2 cm³/mol. The number of rotatable bonds is 4. The second-order valence-corrected chi connectivity index (χ2v) is 5.39. The number of amides is 2. The molecule has 0 aliphatic carbocycles. The second-order valence-electron chi connectivity index (χ2n) is 5.39. The zero-order valence-corrected chi connectivity index (χ0v) is 13.4. The summed E-state index contributed by atoms with van der Waals surface area (Å²) < 4.78 is 9.81. The minimum Gasteiger partial charge on any atom is -0.459 e. The summed E-state index contributed by atoms with van der Waals surface area (Å²) in [5.41, 5.74) is 2.85. The molecule has 1 aromatic carbocycles. The van der Waals surface area contributed by atoms with Crippen LogP contribution in [0.25, 0.3) is 0 Å². The number of nitrogens with zero attached hydrogens (tertiary/aromatic N) is 1. The van der Waals surface area contributed by atoms with Crippen LogP contribution < -0.4 is 10.2 Å². The summed E-state index contributed by atoms with van der Waals surface area (Å²) in [6, 6.07) is 5.81. The topological polar surface area (TPSA) is 84.9 Å². The highest BCUT2D eigenvalue weighted by Crippen LogP contribution is 2.23. The Hall–Kier alpha value is -2.57. The Bertz CT molecular complexity index is 609. The Morgan fingerprint density at radius 2 is 1.96 bits per heavy atom. The molecule has 1 saturated heterocycles. The lowest BCUT2D eigenvalue weighted by atomic mass is 10.1. The number of aryl methyl sites for hydroxylation is 2. The van der Waals surface area contributed by atoms with E-state index < -0.39 is 24.1 Å². The Labute approximate surface area is 134 Å². The number of anilines is 1. The van der Waals surface area contributed by atoms with Gasteiger partial charge in [-0.05, 0) is 44.0 Å². The van der Waals surface area contributed by atoms with Gasteiger partial charge in [-0.15, -0.1) is 0 Å². The molecule has 1 N–H and O–H groups in total. The molecule has 1 aromatic rings. The molecule has 2 amide bonds. The van der Waals surface area contributed by atoms with Gasteiger partial charge in [-0.1, -0.05) is 6.07 Å². The smallest absolute Gasteiger partial charge is 0.414 e. The molecule has 0 saturated carbocycles. The Kier molecular flexibility index (Phi) is 5.20. The molecule has 0 spiro atoms. The predicted octanol–water partition coefficient (Wildman–Crippen LogP) is 1.31. The third-order valence-electron chi connectivity index (χ3n) is 3.34. The fraction of sp³-hybridized carbons (Fsp3) is 0.438. The van der Waals surface area contributed by atoms with Gasteiger partial charge in [0.1, 0.15) is 6.10 Å². The van der Waals surface area contributed by atoms with Crippen LogP contribution in [0.2, 0.25) is 0 Å². The summed E-state index contributed by atoms with van der Waals surface area (Å²) in [4.78, 5) is 36.2. The monoisotopic (exact) mass is 320 g/mol. The van der Waals surface area contributed by atoms with Gasteiger partial charge in [-0.2, -0.15) is 0 Å². The normalized spacial score (nSPS) is 16.9. The van der Waals surface area contributed by atoms with Crippen LogP contribution in [0, 0.1) is 13.8 Å². The van der Waals surface area contributed by atoms with Gasteiger partial charge >= 0.3 is 18.0 Å². The Morgan fingerprint density at radius 1 is 1.30 bits per heavy atom. The number of cyclic esters (lactones) is 1. The zero-order chi connectivity index (χ0) is 17.0. The van der Waals surface area contributed by atoms with Gasteiger partial charge in [0.25, 0.3) is 0 Å². The van der Waals surface area contributed by atoms with Gasteiger partial charge in [0, 0.05) is 5.69 Å². The van der Waals surface area contributed by atoms with E-state index in [1.807, 2.05) is 32.0 Å². The number of esters is 1. The molecule has 1 heterocycles. The first-order chi connectivity index (χ1) is 10.9. The van der Waals surface area contributed by atoms with E-state index in [0.717, 1.165) is 16.8 Å². The number of benzene rings is 1. The summed E-state index contributed by atoms with van der Waals surface area (Å²) in [7, 11) is 0. The van der Waals surface area contributed by atoms with Crippen LogP contribution in [0.5, 0.6) is 0 Å². The lowest BCUT2D eigenvalue weighted by molar-refractivity contribution is -0.154. The molecule has 1 aliphatic rings. The molecule has 1 unspecified atom stereocenters. The van der Waals surface area contributed by atoms with Crippen molar-refractivity contribution in [3.63, 3.8) is 0 Å². The SMILES string of the molecule is CCOC(=O)C(=O)NCC1CN(c2cc(C)cc(C)c2)C(=O)O1. The van der Waals surface area contributed by atoms with E-state index in [4.69, 9.17) is 4.74 Å². The van der Waals surface area contributed by atoms with Crippen molar-refractivity contribution >= 4 is 23.7 Å². The van der Waals surface area contributed by atoms with Crippen molar-refractivity contribution in [2.24, 2.45) is 0 Å². The molecule has 7 nitrogen and oxygen atoms in total. The van der Waals surface area contributed by atoms with Crippen molar-refractivity contribution in [2.45, 2.75) is 26.9 Å². The summed E-state index contributed by atoms with van der Waals surface area (Å²) in [6.07, 6.45) is -0.980.